The minimum atomic E-state index is -0.167. The van der Waals surface area contributed by atoms with E-state index >= 15 is 0 Å². The Morgan fingerprint density at radius 3 is 2.58 bits per heavy atom. The number of hydrogen-bond acceptors (Lipinski definition) is 6. The standard InChI is InChI=1S/C17H17N5O2/c1-3-16-19-9-13(10-20-16)17(23)22(2)11-14-8-15(21-24-14)12-4-6-18-7-5-12/h4-10H,3,11H2,1-2H3. The van der Waals surface area contributed by atoms with Gasteiger partial charge in [-0.25, -0.2) is 9.97 Å². The molecule has 7 heteroatoms. The van der Waals surface area contributed by atoms with E-state index in [0.717, 1.165) is 12.0 Å². The zero-order chi connectivity index (χ0) is 16.9. The first-order valence-electron chi connectivity index (χ1n) is 7.59. The lowest BCUT2D eigenvalue weighted by Crippen LogP contribution is -2.26. The zero-order valence-corrected chi connectivity index (χ0v) is 13.5. The monoisotopic (exact) mass is 323 g/mol. The Morgan fingerprint density at radius 2 is 1.92 bits per heavy atom. The summed E-state index contributed by atoms with van der Waals surface area (Å²) in [7, 11) is 1.70. The Morgan fingerprint density at radius 1 is 1.21 bits per heavy atom. The molecule has 0 saturated heterocycles. The maximum atomic E-state index is 12.4. The van der Waals surface area contributed by atoms with Crippen molar-refractivity contribution in [3.63, 3.8) is 0 Å². The minimum absolute atomic E-state index is 0.167. The van der Waals surface area contributed by atoms with E-state index in [0.29, 0.717) is 29.4 Å². The van der Waals surface area contributed by atoms with Crippen LogP contribution in [0.2, 0.25) is 0 Å². The Bertz CT molecular complexity index is 815. The summed E-state index contributed by atoms with van der Waals surface area (Å²) in [6.45, 7) is 2.28. The van der Waals surface area contributed by atoms with Gasteiger partial charge in [0.1, 0.15) is 11.5 Å². The molecule has 0 N–H and O–H groups in total. The van der Waals surface area contributed by atoms with Gasteiger partial charge >= 0.3 is 0 Å². The highest BCUT2D eigenvalue weighted by Crippen LogP contribution is 2.19. The van der Waals surface area contributed by atoms with Crippen molar-refractivity contribution in [2.75, 3.05) is 7.05 Å². The number of pyridine rings is 1. The molecule has 3 heterocycles. The van der Waals surface area contributed by atoms with E-state index in [-0.39, 0.29) is 5.91 Å². The third-order valence-corrected chi connectivity index (χ3v) is 3.54. The second kappa shape index (κ2) is 6.99. The van der Waals surface area contributed by atoms with Crippen LogP contribution in [0.5, 0.6) is 0 Å². The van der Waals surface area contributed by atoms with Gasteiger partial charge in [-0.05, 0) is 12.1 Å². The summed E-state index contributed by atoms with van der Waals surface area (Å²) in [5.41, 5.74) is 2.07. The number of hydrogen-bond donors (Lipinski definition) is 0. The highest BCUT2D eigenvalue weighted by atomic mass is 16.5. The fourth-order valence-electron chi connectivity index (χ4n) is 2.22. The van der Waals surface area contributed by atoms with Crippen molar-refractivity contribution < 1.29 is 9.32 Å². The largest absolute Gasteiger partial charge is 0.359 e. The van der Waals surface area contributed by atoms with E-state index in [4.69, 9.17) is 4.52 Å². The number of carbonyl (C=O) groups excluding carboxylic acids is 1. The van der Waals surface area contributed by atoms with Crippen molar-refractivity contribution >= 4 is 5.91 Å². The first-order chi connectivity index (χ1) is 11.7. The summed E-state index contributed by atoms with van der Waals surface area (Å²) < 4.78 is 5.32. The van der Waals surface area contributed by atoms with Crippen LogP contribution in [0.1, 0.15) is 28.9 Å². The van der Waals surface area contributed by atoms with E-state index < -0.39 is 0 Å². The van der Waals surface area contributed by atoms with Gasteiger partial charge in [-0.3, -0.25) is 9.78 Å². The molecule has 0 radical (unpaired) electrons. The topological polar surface area (TPSA) is 85.0 Å². The first-order valence-corrected chi connectivity index (χ1v) is 7.59. The Labute approximate surface area is 139 Å². The van der Waals surface area contributed by atoms with Crippen LogP contribution in [0, 0.1) is 0 Å². The van der Waals surface area contributed by atoms with Gasteiger partial charge in [0.05, 0.1) is 12.1 Å². The van der Waals surface area contributed by atoms with Gasteiger partial charge in [0.15, 0.2) is 5.76 Å². The average molecular weight is 323 g/mol. The molecule has 24 heavy (non-hydrogen) atoms. The van der Waals surface area contributed by atoms with Crippen LogP contribution in [0.15, 0.2) is 47.5 Å². The second-order valence-corrected chi connectivity index (χ2v) is 5.32. The summed E-state index contributed by atoms with van der Waals surface area (Å²) in [5.74, 6) is 1.15. The van der Waals surface area contributed by atoms with E-state index in [9.17, 15) is 4.79 Å². The summed E-state index contributed by atoms with van der Waals surface area (Å²) in [5, 5.41) is 4.03. The lowest BCUT2D eigenvalue weighted by molar-refractivity contribution is 0.0771. The van der Waals surface area contributed by atoms with Crippen LogP contribution >= 0.6 is 0 Å². The van der Waals surface area contributed by atoms with Crippen LogP contribution in [0.3, 0.4) is 0 Å². The van der Waals surface area contributed by atoms with Crippen molar-refractivity contribution in [1.29, 1.82) is 0 Å². The summed E-state index contributed by atoms with van der Waals surface area (Å²) in [6, 6.07) is 5.52. The molecule has 3 aromatic heterocycles. The third kappa shape index (κ3) is 3.45. The molecule has 0 aliphatic carbocycles. The molecule has 0 spiro atoms. The molecule has 3 aromatic rings. The summed E-state index contributed by atoms with van der Waals surface area (Å²) in [4.78, 5) is 26.2. The first kappa shape index (κ1) is 15.8. The molecule has 0 fully saturated rings. The molecule has 0 aliphatic rings. The smallest absolute Gasteiger partial charge is 0.257 e. The van der Waals surface area contributed by atoms with Crippen LogP contribution in [0.4, 0.5) is 0 Å². The molecule has 122 valence electrons. The SMILES string of the molecule is CCc1ncc(C(=O)N(C)Cc2cc(-c3ccncc3)no2)cn1. The Balaban J connectivity index is 1.69. The maximum absolute atomic E-state index is 12.4. The number of amides is 1. The Kier molecular flexibility index (Phi) is 4.60. The fraction of sp³-hybridized carbons (Fsp3) is 0.235. The van der Waals surface area contributed by atoms with Crippen molar-refractivity contribution in [1.82, 2.24) is 25.0 Å². The van der Waals surface area contributed by atoms with E-state index in [1.165, 1.54) is 0 Å². The van der Waals surface area contributed by atoms with Crippen molar-refractivity contribution in [2.45, 2.75) is 19.9 Å². The van der Waals surface area contributed by atoms with Gasteiger partial charge in [0.2, 0.25) is 0 Å². The molecule has 0 bridgehead atoms. The van der Waals surface area contributed by atoms with Crippen molar-refractivity contribution in [2.24, 2.45) is 0 Å². The van der Waals surface area contributed by atoms with Crippen molar-refractivity contribution in [3.05, 3.63) is 60.1 Å². The predicted octanol–water partition coefficient (Wildman–Crippen LogP) is 2.36. The number of carbonyl (C=O) groups is 1. The van der Waals surface area contributed by atoms with E-state index in [2.05, 4.69) is 20.1 Å². The van der Waals surface area contributed by atoms with Crippen molar-refractivity contribution in [3.8, 4) is 11.3 Å². The van der Waals surface area contributed by atoms with Gasteiger partial charge in [0, 0.05) is 49.9 Å². The molecule has 7 nitrogen and oxygen atoms in total. The van der Waals surface area contributed by atoms with E-state index in [1.54, 1.807) is 36.7 Å². The quantitative estimate of drug-likeness (QED) is 0.716. The molecule has 0 unspecified atom stereocenters. The highest BCUT2D eigenvalue weighted by molar-refractivity contribution is 5.93. The van der Waals surface area contributed by atoms with Gasteiger partial charge in [-0.2, -0.15) is 0 Å². The predicted molar refractivity (Wildman–Crippen MR) is 86.9 cm³/mol. The normalized spacial score (nSPS) is 10.6. The number of rotatable bonds is 5. The van der Waals surface area contributed by atoms with Gasteiger partial charge in [-0.1, -0.05) is 12.1 Å². The number of nitrogens with zero attached hydrogens (tertiary/aromatic N) is 5. The van der Waals surface area contributed by atoms with Crippen LogP contribution in [-0.2, 0) is 13.0 Å². The molecule has 0 aliphatic heterocycles. The minimum Gasteiger partial charge on any atom is -0.359 e. The molecule has 0 atom stereocenters. The van der Waals surface area contributed by atoms with Crippen LogP contribution in [-0.4, -0.2) is 38.0 Å². The third-order valence-electron chi connectivity index (χ3n) is 3.54. The lowest BCUT2D eigenvalue weighted by Gasteiger charge is -2.14. The van der Waals surface area contributed by atoms with Gasteiger partial charge < -0.3 is 9.42 Å². The van der Waals surface area contributed by atoms with Gasteiger partial charge in [-0.15, -0.1) is 0 Å². The second-order valence-electron chi connectivity index (χ2n) is 5.32. The fourth-order valence-corrected chi connectivity index (χ4v) is 2.22. The van der Waals surface area contributed by atoms with Crippen LogP contribution < -0.4 is 0 Å². The maximum Gasteiger partial charge on any atom is 0.257 e. The lowest BCUT2D eigenvalue weighted by atomic mass is 10.2. The molecular formula is C17H17N5O2. The number of aromatic nitrogens is 4. The number of aryl methyl sites for hydroxylation is 1. The summed E-state index contributed by atoms with van der Waals surface area (Å²) in [6.07, 6.45) is 7.22. The molecule has 1 amide bonds. The molecular weight excluding hydrogens is 306 g/mol. The van der Waals surface area contributed by atoms with E-state index in [1.807, 2.05) is 25.1 Å². The van der Waals surface area contributed by atoms with Crippen LogP contribution in [0.25, 0.3) is 11.3 Å². The molecule has 3 rings (SSSR count). The average Bonchev–Trinajstić information content (AvgIpc) is 3.10. The summed E-state index contributed by atoms with van der Waals surface area (Å²) >= 11 is 0. The molecule has 0 saturated carbocycles. The van der Waals surface area contributed by atoms with Gasteiger partial charge in [0.25, 0.3) is 5.91 Å². The zero-order valence-electron chi connectivity index (χ0n) is 13.5. The Hall–Kier alpha value is -3.09. The molecule has 0 aromatic carbocycles. The highest BCUT2D eigenvalue weighted by Gasteiger charge is 2.16.